The number of benzene rings is 9. The first-order chi connectivity index (χ1) is 30.7. The quantitative estimate of drug-likeness (QED) is 0.178. The van der Waals surface area contributed by atoms with Gasteiger partial charge in [0.1, 0.15) is 11.2 Å². The van der Waals surface area contributed by atoms with Crippen LogP contribution in [0.15, 0.2) is 223 Å². The zero-order valence-corrected chi connectivity index (χ0v) is 33.6. The Labute approximate surface area is 359 Å². The Hall–Kier alpha value is -8.14. The van der Waals surface area contributed by atoms with E-state index in [0.717, 1.165) is 61.1 Å². The second kappa shape index (κ2) is 13.4. The van der Waals surface area contributed by atoms with Crippen LogP contribution >= 0.6 is 0 Å². The highest BCUT2D eigenvalue weighted by atomic mass is 16.3. The molecule has 62 heavy (non-hydrogen) atoms. The van der Waals surface area contributed by atoms with Crippen molar-refractivity contribution in [3.05, 3.63) is 241 Å². The van der Waals surface area contributed by atoms with Crippen LogP contribution in [0.25, 0.3) is 100 Å². The van der Waals surface area contributed by atoms with Crippen LogP contribution in [0.4, 0.5) is 0 Å². The molecule has 13 rings (SSSR count). The molecule has 0 atom stereocenters. The summed E-state index contributed by atoms with van der Waals surface area (Å²) in [5.74, 6) is 0.676. The van der Waals surface area contributed by atoms with E-state index in [0.29, 0.717) is 5.82 Å². The lowest BCUT2D eigenvalue weighted by Crippen LogP contribution is -2.29. The molecule has 9 aromatic carbocycles. The molecule has 288 valence electrons. The van der Waals surface area contributed by atoms with Gasteiger partial charge in [0.05, 0.1) is 16.8 Å². The molecule has 11 aromatic rings. The van der Waals surface area contributed by atoms with Crippen molar-refractivity contribution in [3.63, 3.8) is 0 Å². The minimum Gasteiger partial charge on any atom is -0.456 e. The zero-order valence-electron chi connectivity index (χ0n) is 33.6. The molecule has 2 aliphatic rings. The summed E-state index contributed by atoms with van der Waals surface area (Å²) in [6.07, 6.45) is 0. The lowest BCUT2D eigenvalue weighted by molar-refractivity contribution is 0.669. The van der Waals surface area contributed by atoms with E-state index in [1.807, 2.05) is 12.1 Å². The van der Waals surface area contributed by atoms with Crippen molar-refractivity contribution in [1.82, 2.24) is 9.97 Å². The summed E-state index contributed by atoms with van der Waals surface area (Å²) >= 11 is 0. The number of nitrogens with zero attached hydrogens (tertiary/aromatic N) is 2. The minimum absolute atomic E-state index is 0.550. The molecule has 2 aromatic heterocycles. The van der Waals surface area contributed by atoms with E-state index in [4.69, 9.17) is 14.4 Å². The third-order valence-corrected chi connectivity index (χ3v) is 13.1. The number of hydrogen-bond acceptors (Lipinski definition) is 3. The second-order valence-electron chi connectivity index (χ2n) is 16.4. The van der Waals surface area contributed by atoms with Crippen molar-refractivity contribution in [1.29, 1.82) is 0 Å². The Balaban J connectivity index is 1.05. The van der Waals surface area contributed by atoms with E-state index in [1.54, 1.807) is 0 Å². The summed E-state index contributed by atoms with van der Waals surface area (Å²) in [6.45, 7) is 0. The smallest absolute Gasteiger partial charge is 0.160 e. The van der Waals surface area contributed by atoms with E-state index in [-0.39, 0.29) is 0 Å². The molecule has 1 spiro atoms. The van der Waals surface area contributed by atoms with Gasteiger partial charge in [0.25, 0.3) is 0 Å². The summed E-state index contributed by atoms with van der Waals surface area (Å²) in [5.41, 5.74) is 20.8. The Morgan fingerprint density at radius 1 is 0.290 bits per heavy atom. The maximum atomic E-state index is 6.24. The van der Waals surface area contributed by atoms with Gasteiger partial charge < -0.3 is 4.42 Å². The fraction of sp³-hybridized carbons (Fsp3) is 0.0169. The second-order valence-corrected chi connectivity index (χ2v) is 16.4. The molecular formula is C59H36N2O. The van der Waals surface area contributed by atoms with Crippen LogP contribution in [-0.4, -0.2) is 9.97 Å². The topological polar surface area (TPSA) is 38.9 Å². The molecular weight excluding hydrogens is 753 g/mol. The Morgan fingerprint density at radius 2 is 0.790 bits per heavy atom. The predicted octanol–water partition coefficient (Wildman–Crippen LogP) is 15.1. The third kappa shape index (κ3) is 5.06. The average molecular weight is 789 g/mol. The van der Waals surface area contributed by atoms with Crippen LogP contribution in [0.2, 0.25) is 0 Å². The highest BCUT2D eigenvalue weighted by Gasteiger charge is 2.49. The minimum atomic E-state index is -0.550. The summed E-state index contributed by atoms with van der Waals surface area (Å²) < 4.78 is 6.24. The molecule has 0 bridgehead atoms. The molecule has 3 nitrogen and oxygen atoms in total. The highest BCUT2D eigenvalue weighted by molar-refractivity contribution is 6.06. The SMILES string of the molecule is c1ccc(-c2cccc(-c3cc(-c4ccc5oc6ccccc6c5c4)nc(-c4ccc5c(c4)-c4ccccc4C54c5ccccc5-c5ccccc5-c5ccccc54)n3)c2)cc1. The molecule has 0 radical (unpaired) electrons. The Morgan fingerprint density at radius 3 is 1.48 bits per heavy atom. The number of fused-ring (bicyclic) bond motifs is 15. The monoisotopic (exact) mass is 788 g/mol. The van der Waals surface area contributed by atoms with Crippen molar-refractivity contribution >= 4 is 21.9 Å². The van der Waals surface area contributed by atoms with Crippen molar-refractivity contribution in [2.75, 3.05) is 0 Å². The van der Waals surface area contributed by atoms with Crippen LogP contribution in [0.3, 0.4) is 0 Å². The Bertz CT molecular complexity index is 3530. The van der Waals surface area contributed by atoms with Gasteiger partial charge >= 0.3 is 0 Å². The van der Waals surface area contributed by atoms with Gasteiger partial charge in [0, 0.05) is 27.5 Å². The fourth-order valence-electron chi connectivity index (χ4n) is 10.4. The molecule has 2 heterocycles. The van der Waals surface area contributed by atoms with Gasteiger partial charge in [-0.05, 0) is 109 Å². The summed E-state index contributed by atoms with van der Waals surface area (Å²) in [5, 5.41) is 2.15. The predicted molar refractivity (Wildman–Crippen MR) is 253 cm³/mol. The first-order valence-corrected chi connectivity index (χ1v) is 21.2. The van der Waals surface area contributed by atoms with Crippen LogP contribution in [-0.2, 0) is 5.41 Å². The maximum absolute atomic E-state index is 6.24. The molecule has 0 unspecified atom stereocenters. The molecule has 0 amide bonds. The van der Waals surface area contributed by atoms with Gasteiger partial charge in [-0.2, -0.15) is 0 Å². The van der Waals surface area contributed by atoms with Crippen molar-refractivity contribution in [2.45, 2.75) is 5.41 Å². The Kier molecular flexibility index (Phi) is 7.52. The third-order valence-electron chi connectivity index (χ3n) is 13.1. The van der Waals surface area contributed by atoms with Gasteiger partial charge in [-0.3, -0.25) is 0 Å². The van der Waals surface area contributed by atoms with E-state index >= 15 is 0 Å². The molecule has 0 N–H and O–H groups in total. The van der Waals surface area contributed by atoms with Crippen molar-refractivity contribution in [2.24, 2.45) is 0 Å². The van der Waals surface area contributed by atoms with Crippen LogP contribution in [0, 0.1) is 0 Å². The first kappa shape index (κ1) is 34.7. The molecule has 0 aliphatic heterocycles. The lowest BCUT2D eigenvalue weighted by atomic mass is 9.66. The average Bonchev–Trinajstić information content (AvgIpc) is 3.84. The van der Waals surface area contributed by atoms with E-state index in [9.17, 15) is 0 Å². The number of hydrogen-bond donors (Lipinski definition) is 0. The van der Waals surface area contributed by atoms with Gasteiger partial charge in [-0.1, -0.05) is 176 Å². The van der Waals surface area contributed by atoms with Crippen LogP contribution in [0.1, 0.15) is 22.3 Å². The van der Waals surface area contributed by atoms with E-state index in [2.05, 4.69) is 206 Å². The highest BCUT2D eigenvalue weighted by Crippen LogP contribution is 2.61. The molecule has 0 saturated heterocycles. The normalized spacial score (nSPS) is 13.0. The maximum Gasteiger partial charge on any atom is 0.160 e. The molecule has 3 heteroatoms. The van der Waals surface area contributed by atoms with Crippen LogP contribution < -0.4 is 0 Å². The van der Waals surface area contributed by atoms with Crippen LogP contribution in [0.5, 0.6) is 0 Å². The first-order valence-electron chi connectivity index (χ1n) is 21.2. The molecule has 0 saturated carbocycles. The van der Waals surface area contributed by atoms with Gasteiger partial charge in [0.15, 0.2) is 5.82 Å². The summed E-state index contributed by atoms with van der Waals surface area (Å²) in [6, 6.07) is 78.8. The lowest BCUT2D eigenvalue weighted by Gasteiger charge is -2.35. The van der Waals surface area contributed by atoms with Gasteiger partial charge in [-0.25, -0.2) is 9.97 Å². The fourth-order valence-corrected chi connectivity index (χ4v) is 10.4. The van der Waals surface area contributed by atoms with E-state index in [1.165, 1.54) is 55.6 Å². The zero-order chi connectivity index (χ0) is 40.8. The molecule has 2 aliphatic carbocycles. The summed E-state index contributed by atoms with van der Waals surface area (Å²) in [7, 11) is 0. The van der Waals surface area contributed by atoms with Gasteiger partial charge in [-0.15, -0.1) is 0 Å². The number of para-hydroxylation sites is 1. The number of furan rings is 1. The van der Waals surface area contributed by atoms with Crippen molar-refractivity contribution < 1.29 is 4.42 Å². The van der Waals surface area contributed by atoms with Gasteiger partial charge in [0.2, 0.25) is 0 Å². The molecule has 0 fully saturated rings. The van der Waals surface area contributed by atoms with E-state index < -0.39 is 5.41 Å². The van der Waals surface area contributed by atoms with Crippen molar-refractivity contribution in [3.8, 4) is 78.4 Å². The summed E-state index contributed by atoms with van der Waals surface area (Å²) in [4.78, 5) is 10.8. The largest absolute Gasteiger partial charge is 0.456 e. The number of rotatable bonds is 4. The number of aromatic nitrogens is 2. The standard InChI is InChI=1S/C59H36N2O/c1-2-15-37(16-3-1)38-17-14-18-39(33-38)54-36-55(40-30-32-57-49(34-40)47-24-9-13-28-56(47)62-57)61-58(60-54)41-29-31-53-48(35-41)46-23-8-12-27-52(46)59(53)50-25-10-6-21-44(50)42-19-4-5-20-43(42)45-22-7-11-26-51(45)59/h1-36H.